The van der Waals surface area contributed by atoms with E-state index in [0.29, 0.717) is 6.42 Å². The molecule has 6 heteroatoms. The highest BCUT2D eigenvalue weighted by molar-refractivity contribution is 5.69. The second-order valence-electron chi connectivity index (χ2n) is 4.36. The summed E-state index contributed by atoms with van der Waals surface area (Å²) in [5.74, 6) is 0. The Balaban J connectivity index is 2.73. The fraction of sp³-hybridized carbons (Fsp3) is 0.833. The molecule has 0 aromatic heterocycles. The zero-order valence-corrected chi connectivity index (χ0v) is 11.1. The Morgan fingerprint density at radius 1 is 1.39 bits per heavy atom. The van der Waals surface area contributed by atoms with Crippen molar-refractivity contribution < 1.29 is 23.8 Å². The van der Waals surface area contributed by atoms with Gasteiger partial charge in [0, 0.05) is 19.6 Å². The van der Waals surface area contributed by atoms with Crippen LogP contribution < -0.4 is 0 Å². The van der Waals surface area contributed by atoms with Crippen LogP contribution in [0.2, 0.25) is 0 Å². The summed E-state index contributed by atoms with van der Waals surface area (Å²) in [6, 6.07) is -0.237. The van der Waals surface area contributed by atoms with E-state index < -0.39 is 6.09 Å². The highest BCUT2D eigenvalue weighted by atomic mass is 16.7. The molecular formula is C12H21NO5. The number of hydrogen-bond donors (Lipinski definition) is 0. The first-order chi connectivity index (χ1) is 8.65. The molecule has 0 aromatic rings. The van der Waals surface area contributed by atoms with Gasteiger partial charge in [0.1, 0.15) is 13.1 Å². The summed E-state index contributed by atoms with van der Waals surface area (Å²) in [6.07, 6.45) is 2.19. The Bertz CT molecular complexity index is 284. The fourth-order valence-electron chi connectivity index (χ4n) is 2.39. The normalized spacial score (nSPS) is 27.9. The van der Waals surface area contributed by atoms with Crippen molar-refractivity contribution in [3.8, 4) is 0 Å². The van der Waals surface area contributed by atoms with Gasteiger partial charge in [0.05, 0.1) is 19.3 Å². The number of piperidine rings is 1. The van der Waals surface area contributed by atoms with Crippen molar-refractivity contribution >= 4 is 12.4 Å². The molecule has 0 saturated carbocycles. The van der Waals surface area contributed by atoms with Gasteiger partial charge in [-0.15, -0.1) is 0 Å². The van der Waals surface area contributed by atoms with Crippen LogP contribution in [0.4, 0.5) is 4.79 Å². The molecule has 1 aliphatic heterocycles. The molecule has 1 aliphatic rings. The molecule has 1 fully saturated rings. The number of likely N-dealkylation sites (tertiary alicyclic amines) is 1. The van der Waals surface area contributed by atoms with E-state index in [1.165, 1.54) is 7.11 Å². The third-order valence-corrected chi connectivity index (χ3v) is 3.31. The molecule has 1 amide bonds. The minimum Gasteiger partial charge on any atom is -0.453 e. The van der Waals surface area contributed by atoms with E-state index in [-0.39, 0.29) is 25.0 Å². The van der Waals surface area contributed by atoms with Crippen LogP contribution in [0.3, 0.4) is 0 Å². The van der Waals surface area contributed by atoms with E-state index in [9.17, 15) is 9.59 Å². The number of rotatable bonds is 5. The van der Waals surface area contributed by atoms with Crippen LogP contribution in [0.15, 0.2) is 0 Å². The van der Waals surface area contributed by atoms with Crippen LogP contribution in [0.1, 0.15) is 26.2 Å². The number of carbonyl (C=O) groups excluding carboxylic acids is 2. The predicted octanol–water partition coefficient (Wildman–Crippen LogP) is 1.18. The van der Waals surface area contributed by atoms with Crippen LogP contribution in [-0.4, -0.2) is 56.5 Å². The summed E-state index contributed by atoms with van der Waals surface area (Å²) in [5, 5.41) is 0. The summed E-state index contributed by atoms with van der Waals surface area (Å²) in [4.78, 5) is 24.0. The zero-order chi connectivity index (χ0) is 13.5. The van der Waals surface area contributed by atoms with Crippen LogP contribution in [0.25, 0.3) is 0 Å². The third kappa shape index (κ3) is 3.43. The number of aldehydes is 1. The molecule has 0 aliphatic carbocycles. The van der Waals surface area contributed by atoms with Gasteiger partial charge in [0.25, 0.3) is 0 Å². The Hall–Kier alpha value is -1.14. The number of ether oxygens (including phenoxy) is 3. The Morgan fingerprint density at radius 2 is 2.11 bits per heavy atom. The van der Waals surface area contributed by atoms with Crippen molar-refractivity contribution in [3.05, 3.63) is 0 Å². The second kappa shape index (κ2) is 7.33. The summed E-state index contributed by atoms with van der Waals surface area (Å²) in [7, 11) is 2.90. The van der Waals surface area contributed by atoms with Gasteiger partial charge in [-0.25, -0.2) is 4.79 Å². The maximum Gasteiger partial charge on any atom is 0.410 e. The van der Waals surface area contributed by atoms with E-state index in [4.69, 9.17) is 14.2 Å². The topological polar surface area (TPSA) is 65.1 Å². The first-order valence-electron chi connectivity index (χ1n) is 6.06. The van der Waals surface area contributed by atoms with E-state index in [0.717, 1.165) is 19.1 Å². The summed E-state index contributed by atoms with van der Waals surface area (Å²) >= 11 is 0. The van der Waals surface area contributed by atoms with Crippen molar-refractivity contribution in [2.24, 2.45) is 0 Å². The minimum atomic E-state index is -0.417. The monoisotopic (exact) mass is 259 g/mol. The lowest BCUT2D eigenvalue weighted by Gasteiger charge is -2.43. The van der Waals surface area contributed by atoms with Gasteiger partial charge in [0.15, 0.2) is 0 Å². The molecule has 0 radical (unpaired) electrons. The molecule has 104 valence electrons. The average Bonchev–Trinajstić information content (AvgIpc) is 2.37. The highest BCUT2D eigenvalue weighted by Gasteiger charge is 2.38. The lowest BCUT2D eigenvalue weighted by atomic mass is 9.92. The van der Waals surface area contributed by atoms with Gasteiger partial charge < -0.3 is 19.0 Å². The lowest BCUT2D eigenvalue weighted by Crippen LogP contribution is -2.55. The third-order valence-electron chi connectivity index (χ3n) is 3.31. The van der Waals surface area contributed by atoms with E-state index in [1.807, 2.05) is 6.92 Å². The number of carbonyl (C=O) groups is 2. The molecule has 0 bridgehead atoms. The van der Waals surface area contributed by atoms with Gasteiger partial charge in [-0.2, -0.15) is 0 Å². The van der Waals surface area contributed by atoms with Crippen molar-refractivity contribution in [2.75, 3.05) is 21.0 Å². The number of amides is 1. The fourth-order valence-corrected chi connectivity index (χ4v) is 2.39. The van der Waals surface area contributed by atoms with Crippen LogP contribution in [0.5, 0.6) is 0 Å². The van der Waals surface area contributed by atoms with Crippen LogP contribution in [0, 0.1) is 0 Å². The molecule has 6 nitrogen and oxygen atoms in total. The first-order valence-corrected chi connectivity index (χ1v) is 6.06. The molecule has 18 heavy (non-hydrogen) atoms. The molecule has 0 N–H and O–H groups in total. The van der Waals surface area contributed by atoms with Crippen molar-refractivity contribution in [1.29, 1.82) is 0 Å². The van der Waals surface area contributed by atoms with E-state index >= 15 is 0 Å². The molecule has 1 rings (SSSR count). The predicted molar refractivity (Wildman–Crippen MR) is 64.2 cm³/mol. The van der Waals surface area contributed by atoms with Gasteiger partial charge in [0.2, 0.25) is 0 Å². The maximum absolute atomic E-state index is 11.8. The lowest BCUT2D eigenvalue weighted by molar-refractivity contribution is -0.121. The Kier molecular flexibility index (Phi) is 6.07. The molecule has 3 atom stereocenters. The maximum atomic E-state index is 11.8. The number of hydrogen-bond acceptors (Lipinski definition) is 5. The molecular weight excluding hydrogens is 238 g/mol. The zero-order valence-electron chi connectivity index (χ0n) is 11.1. The van der Waals surface area contributed by atoms with E-state index in [1.54, 1.807) is 12.0 Å². The molecule has 0 spiro atoms. The van der Waals surface area contributed by atoms with Crippen molar-refractivity contribution in [3.63, 3.8) is 0 Å². The quantitative estimate of drug-likeness (QED) is 0.548. The second-order valence-corrected chi connectivity index (χ2v) is 4.36. The molecule has 0 aromatic carbocycles. The molecule has 1 heterocycles. The summed E-state index contributed by atoms with van der Waals surface area (Å²) in [6.45, 7) is 2.09. The van der Waals surface area contributed by atoms with Crippen LogP contribution >= 0.6 is 0 Å². The number of nitrogens with zero attached hydrogens (tertiary/aromatic N) is 1. The first kappa shape index (κ1) is 14.9. The summed E-state index contributed by atoms with van der Waals surface area (Å²) < 4.78 is 15.2. The largest absolute Gasteiger partial charge is 0.453 e. The van der Waals surface area contributed by atoms with Crippen LogP contribution in [-0.2, 0) is 19.0 Å². The Labute approximate surface area is 107 Å². The SMILES string of the molecule is COCO[C@@H]1CC[C@H](CC=O)N(C(=O)OC)[C@@H]1C. The number of methoxy groups -OCH3 is 2. The molecule has 0 unspecified atom stereocenters. The van der Waals surface area contributed by atoms with E-state index in [2.05, 4.69) is 0 Å². The van der Waals surface area contributed by atoms with Gasteiger partial charge in [-0.1, -0.05) is 0 Å². The van der Waals surface area contributed by atoms with Gasteiger partial charge in [-0.3, -0.25) is 4.90 Å². The standard InChI is InChI=1S/C12H21NO5/c1-9-11(18-8-16-2)5-4-10(6-7-14)13(9)12(15)17-3/h7,9-11H,4-6,8H2,1-3H3/t9-,10-,11-/m1/s1. The van der Waals surface area contributed by atoms with Gasteiger partial charge in [-0.05, 0) is 19.8 Å². The van der Waals surface area contributed by atoms with Crippen molar-refractivity contribution in [2.45, 2.75) is 44.4 Å². The summed E-state index contributed by atoms with van der Waals surface area (Å²) in [5.41, 5.74) is 0. The smallest absolute Gasteiger partial charge is 0.410 e. The highest BCUT2D eigenvalue weighted by Crippen LogP contribution is 2.27. The Morgan fingerprint density at radius 3 is 2.67 bits per heavy atom. The van der Waals surface area contributed by atoms with Crippen molar-refractivity contribution in [1.82, 2.24) is 4.90 Å². The average molecular weight is 259 g/mol. The van der Waals surface area contributed by atoms with Gasteiger partial charge >= 0.3 is 6.09 Å². The minimum absolute atomic E-state index is 0.0908. The molecule has 1 saturated heterocycles.